The molecule has 0 atom stereocenters. The predicted molar refractivity (Wildman–Crippen MR) is 91.0 cm³/mol. The average molecular weight is 306 g/mol. The highest BCUT2D eigenvalue weighted by atomic mass is 16.2. The normalized spacial score (nSPS) is 10.6. The summed E-state index contributed by atoms with van der Waals surface area (Å²) in [5.74, 6) is 0.0308. The molecule has 1 rings (SSSR count). The van der Waals surface area contributed by atoms with Gasteiger partial charge in [-0.15, -0.1) is 0 Å². The van der Waals surface area contributed by atoms with Gasteiger partial charge in [-0.05, 0) is 49.8 Å². The van der Waals surface area contributed by atoms with Gasteiger partial charge in [0, 0.05) is 13.7 Å². The first kappa shape index (κ1) is 18.7. The van der Waals surface area contributed by atoms with Crippen molar-refractivity contribution in [2.75, 3.05) is 26.7 Å². The number of rotatable bonds is 12. The van der Waals surface area contributed by atoms with Gasteiger partial charge >= 0.3 is 0 Å². The Bertz CT molecular complexity index is 421. The Balaban J connectivity index is 2.26. The quantitative estimate of drug-likeness (QED) is 0.518. The highest BCUT2D eigenvalue weighted by molar-refractivity contribution is 5.77. The molecular weight excluding hydrogens is 276 g/mol. The fourth-order valence-corrected chi connectivity index (χ4v) is 2.52. The predicted octanol–water partition coefficient (Wildman–Crippen LogP) is 2.05. The van der Waals surface area contributed by atoms with Crippen LogP contribution in [0.1, 0.15) is 43.2 Å². The zero-order valence-electron chi connectivity index (χ0n) is 13.7. The summed E-state index contributed by atoms with van der Waals surface area (Å²) in [6.07, 6.45) is 7.61. The van der Waals surface area contributed by atoms with E-state index in [0.29, 0.717) is 13.2 Å². The molecule has 0 saturated carbocycles. The van der Waals surface area contributed by atoms with Crippen molar-refractivity contribution in [1.29, 1.82) is 0 Å². The van der Waals surface area contributed by atoms with E-state index < -0.39 is 0 Å². The second kappa shape index (κ2) is 12.2. The van der Waals surface area contributed by atoms with Crippen molar-refractivity contribution in [3.8, 4) is 0 Å². The number of benzene rings is 1. The molecule has 3 N–H and O–H groups in total. The van der Waals surface area contributed by atoms with Crippen LogP contribution in [0.3, 0.4) is 0 Å². The molecule has 124 valence electrons. The minimum atomic E-state index is 0.0308. The van der Waals surface area contributed by atoms with E-state index in [1.807, 2.05) is 0 Å². The average Bonchev–Trinajstić information content (AvgIpc) is 2.55. The molecule has 0 spiro atoms. The number of amides is 1. The minimum absolute atomic E-state index is 0.0308. The third-order valence-corrected chi connectivity index (χ3v) is 3.84. The Labute approximate surface area is 134 Å². The molecule has 1 aromatic carbocycles. The Morgan fingerprint density at radius 2 is 1.64 bits per heavy atom. The summed E-state index contributed by atoms with van der Waals surface area (Å²) in [5.41, 5.74) is 2.87. The minimum Gasteiger partial charge on any atom is -0.396 e. The Kier molecular flexibility index (Phi) is 10.3. The van der Waals surface area contributed by atoms with Crippen LogP contribution >= 0.6 is 0 Å². The van der Waals surface area contributed by atoms with E-state index in [1.165, 1.54) is 24.0 Å². The molecular formula is C18H30N2O2. The smallest absolute Gasteiger partial charge is 0.233 e. The van der Waals surface area contributed by atoms with E-state index >= 15 is 0 Å². The van der Waals surface area contributed by atoms with Crippen LogP contribution in [-0.2, 0) is 17.6 Å². The molecule has 1 amide bonds. The Hall–Kier alpha value is -1.39. The van der Waals surface area contributed by atoms with Crippen molar-refractivity contribution < 1.29 is 9.90 Å². The monoisotopic (exact) mass is 306 g/mol. The number of aliphatic hydroxyl groups is 1. The lowest BCUT2D eigenvalue weighted by atomic mass is 9.98. The molecule has 0 heterocycles. The lowest BCUT2D eigenvalue weighted by molar-refractivity contribution is -0.119. The van der Waals surface area contributed by atoms with E-state index in [-0.39, 0.29) is 5.91 Å². The maximum absolute atomic E-state index is 11.1. The highest BCUT2D eigenvalue weighted by Crippen LogP contribution is 2.15. The van der Waals surface area contributed by atoms with Crippen molar-refractivity contribution in [2.45, 2.75) is 44.9 Å². The van der Waals surface area contributed by atoms with Crippen molar-refractivity contribution in [1.82, 2.24) is 10.6 Å². The van der Waals surface area contributed by atoms with Crippen LogP contribution < -0.4 is 10.6 Å². The summed E-state index contributed by atoms with van der Waals surface area (Å²) in [6.45, 7) is 1.56. The van der Waals surface area contributed by atoms with Crippen LogP contribution in [0.5, 0.6) is 0 Å². The summed E-state index contributed by atoms with van der Waals surface area (Å²) in [6, 6.07) is 8.64. The second-order valence-corrected chi connectivity index (χ2v) is 5.61. The summed E-state index contributed by atoms with van der Waals surface area (Å²) in [4.78, 5) is 11.1. The van der Waals surface area contributed by atoms with Gasteiger partial charge in [-0.3, -0.25) is 4.79 Å². The maximum Gasteiger partial charge on any atom is 0.233 e. The zero-order valence-corrected chi connectivity index (χ0v) is 13.7. The molecule has 1 aromatic rings. The molecule has 4 nitrogen and oxygen atoms in total. The van der Waals surface area contributed by atoms with Crippen molar-refractivity contribution in [3.63, 3.8) is 0 Å². The summed E-state index contributed by atoms with van der Waals surface area (Å²) < 4.78 is 0. The topological polar surface area (TPSA) is 61.4 Å². The van der Waals surface area contributed by atoms with E-state index in [4.69, 9.17) is 5.11 Å². The number of hydrogen-bond donors (Lipinski definition) is 3. The number of nitrogens with one attached hydrogen (secondary N) is 2. The van der Waals surface area contributed by atoms with Gasteiger partial charge in [0.25, 0.3) is 0 Å². The largest absolute Gasteiger partial charge is 0.396 e. The molecule has 0 unspecified atom stereocenters. The van der Waals surface area contributed by atoms with Gasteiger partial charge in [0.2, 0.25) is 5.91 Å². The number of aryl methyl sites for hydroxylation is 2. The van der Waals surface area contributed by atoms with Gasteiger partial charge in [0.05, 0.1) is 6.54 Å². The lowest BCUT2D eigenvalue weighted by Crippen LogP contribution is -2.31. The van der Waals surface area contributed by atoms with E-state index in [0.717, 1.165) is 38.6 Å². The van der Waals surface area contributed by atoms with Crippen LogP contribution in [0.25, 0.3) is 0 Å². The van der Waals surface area contributed by atoms with Crippen LogP contribution in [0, 0.1) is 0 Å². The zero-order chi connectivity index (χ0) is 16.0. The van der Waals surface area contributed by atoms with E-state index in [1.54, 1.807) is 7.05 Å². The molecule has 4 heteroatoms. The summed E-state index contributed by atoms with van der Waals surface area (Å²) in [7, 11) is 1.65. The summed E-state index contributed by atoms with van der Waals surface area (Å²) >= 11 is 0. The van der Waals surface area contributed by atoms with Gasteiger partial charge in [-0.2, -0.15) is 0 Å². The molecule has 0 aromatic heterocycles. The SMILES string of the molecule is CNC(=O)CNCCCc1ccccc1CCCCCCO. The lowest BCUT2D eigenvalue weighted by Gasteiger charge is -2.10. The molecule has 0 radical (unpaired) electrons. The van der Waals surface area contributed by atoms with Crippen LogP contribution in [0.15, 0.2) is 24.3 Å². The molecule has 0 aliphatic rings. The number of hydrogen-bond acceptors (Lipinski definition) is 3. The van der Waals surface area contributed by atoms with E-state index in [2.05, 4.69) is 34.9 Å². The number of carbonyl (C=O) groups excluding carboxylic acids is 1. The van der Waals surface area contributed by atoms with Crippen molar-refractivity contribution >= 4 is 5.91 Å². The third-order valence-electron chi connectivity index (χ3n) is 3.84. The number of carbonyl (C=O) groups is 1. The van der Waals surface area contributed by atoms with Gasteiger partial charge in [0.1, 0.15) is 0 Å². The van der Waals surface area contributed by atoms with Gasteiger partial charge < -0.3 is 15.7 Å². The van der Waals surface area contributed by atoms with Gasteiger partial charge in [-0.25, -0.2) is 0 Å². The number of aliphatic hydroxyl groups excluding tert-OH is 1. The van der Waals surface area contributed by atoms with Gasteiger partial charge in [-0.1, -0.05) is 37.1 Å². The Morgan fingerprint density at radius 1 is 1.00 bits per heavy atom. The molecule has 0 fully saturated rings. The first-order chi connectivity index (χ1) is 10.8. The molecule has 0 aliphatic heterocycles. The van der Waals surface area contributed by atoms with Gasteiger partial charge in [0.15, 0.2) is 0 Å². The standard InChI is InChI=1S/C18H30N2O2/c1-19-18(22)15-20-13-8-12-17-11-6-5-10-16(17)9-4-2-3-7-14-21/h5-6,10-11,20-21H,2-4,7-9,12-15H2,1H3,(H,19,22). The Morgan fingerprint density at radius 3 is 2.27 bits per heavy atom. The fourth-order valence-electron chi connectivity index (χ4n) is 2.52. The first-order valence-corrected chi connectivity index (χ1v) is 8.37. The number of likely N-dealkylation sites (N-methyl/N-ethyl adjacent to an activating group) is 1. The van der Waals surface area contributed by atoms with Crippen LogP contribution in [0.2, 0.25) is 0 Å². The molecule has 0 aliphatic carbocycles. The second-order valence-electron chi connectivity index (χ2n) is 5.61. The highest BCUT2D eigenvalue weighted by Gasteiger charge is 2.02. The van der Waals surface area contributed by atoms with Crippen molar-refractivity contribution in [2.24, 2.45) is 0 Å². The summed E-state index contributed by atoms with van der Waals surface area (Å²) in [5, 5.41) is 14.5. The first-order valence-electron chi connectivity index (χ1n) is 8.37. The molecule has 0 saturated heterocycles. The third kappa shape index (κ3) is 8.15. The molecule has 0 bridgehead atoms. The maximum atomic E-state index is 11.1. The number of unbranched alkanes of at least 4 members (excludes halogenated alkanes) is 3. The van der Waals surface area contributed by atoms with Crippen LogP contribution in [0.4, 0.5) is 0 Å². The fraction of sp³-hybridized carbons (Fsp3) is 0.611. The molecule has 22 heavy (non-hydrogen) atoms. The van der Waals surface area contributed by atoms with E-state index in [9.17, 15) is 4.79 Å². The van der Waals surface area contributed by atoms with Crippen LogP contribution in [-0.4, -0.2) is 37.8 Å². The van der Waals surface area contributed by atoms with Crippen molar-refractivity contribution in [3.05, 3.63) is 35.4 Å².